The van der Waals surface area contributed by atoms with E-state index in [1.807, 2.05) is 0 Å². The zero-order valence-corrected chi connectivity index (χ0v) is 15.3. The van der Waals surface area contributed by atoms with Crippen LogP contribution in [0.3, 0.4) is 0 Å². The molecule has 0 fully saturated rings. The van der Waals surface area contributed by atoms with Gasteiger partial charge in [-0.1, -0.05) is 12.1 Å². The van der Waals surface area contributed by atoms with Crippen LogP contribution in [-0.2, 0) is 40.1 Å². The third-order valence-electron chi connectivity index (χ3n) is 2.61. The number of thiophene rings is 2. The topological polar surface area (TPSA) is 86.7 Å². The van der Waals surface area contributed by atoms with Gasteiger partial charge < -0.3 is 0 Å². The lowest BCUT2D eigenvalue weighted by Crippen LogP contribution is -2.13. The highest BCUT2D eigenvalue weighted by Gasteiger charge is 2.15. The van der Waals surface area contributed by atoms with Gasteiger partial charge >= 0.3 is 0 Å². The van der Waals surface area contributed by atoms with Gasteiger partial charge in [0.25, 0.3) is 20.2 Å². The van der Waals surface area contributed by atoms with Gasteiger partial charge in [0.2, 0.25) is 0 Å². The first kappa shape index (κ1) is 18.6. The smallest absolute Gasteiger partial charge is 0.270 e. The zero-order valence-electron chi connectivity index (χ0n) is 12.1. The van der Waals surface area contributed by atoms with Crippen LogP contribution in [-0.4, -0.2) is 30.0 Å². The van der Waals surface area contributed by atoms with E-state index in [1.165, 1.54) is 22.7 Å². The Bertz CT molecular complexity index is 707. The fraction of sp³-hybridized carbons (Fsp3) is 0.385. The van der Waals surface area contributed by atoms with E-state index in [4.69, 9.17) is 8.37 Å². The van der Waals surface area contributed by atoms with Gasteiger partial charge in [-0.15, -0.1) is 22.7 Å². The Kier molecular flexibility index (Phi) is 6.74. The molecular formula is C13H16O6S4. The highest BCUT2D eigenvalue weighted by Crippen LogP contribution is 2.15. The molecule has 2 aromatic heterocycles. The molecule has 0 aliphatic heterocycles. The second-order valence-electron chi connectivity index (χ2n) is 4.56. The lowest BCUT2D eigenvalue weighted by molar-refractivity contribution is 0.253. The molecule has 0 unspecified atom stereocenters. The van der Waals surface area contributed by atoms with Gasteiger partial charge in [-0.25, -0.2) is 0 Å². The predicted molar refractivity (Wildman–Crippen MR) is 90.4 cm³/mol. The molecule has 0 aliphatic carbocycles. The van der Waals surface area contributed by atoms with Crippen LogP contribution in [0.2, 0.25) is 0 Å². The maximum absolute atomic E-state index is 11.7. The average molecular weight is 397 g/mol. The fourth-order valence-corrected chi connectivity index (χ4v) is 5.84. The maximum atomic E-state index is 11.7. The molecule has 2 rings (SSSR count). The second kappa shape index (κ2) is 8.36. The standard InChI is InChI=1S/C13H16O6S4/c14-22(15,10-12-4-1-8-20-12)18-6-3-7-19-23(16,17)11-13-5-2-9-21-13/h1-2,4-5,8-9H,3,6-7,10-11H2. The van der Waals surface area contributed by atoms with Crippen LogP contribution in [0.1, 0.15) is 16.2 Å². The summed E-state index contributed by atoms with van der Waals surface area (Å²) in [4.78, 5) is 1.39. The molecule has 6 nitrogen and oxygen atoms in total. The highest BCUT2D eigenvalue weighted by molar-refractivity contribution is 7.86. The first-order valence-electron chi connectivity index (χ1n) is 6.65. The lowest BCUT2D eigenvalue weighted by Gasteiger charge is -2.06. The van der Waals surface area contributed by atoms with Gasteiger partial charge in [0.1, 0.15) is 11.5 Å². The summed E-state index contributed by atoms with van der Waals surface area (Å²) in [5.41, 5.74) is 0. The van der Waals surface area contributed by atoms with Crippen molar-refractivity contribution in [1.82, 2.24) is 0 Å². The van der Waals surface area contributed by atoms with E-state index in [9.17, 15) is 16.8 Å². The minimum absolute atomic E-state index is 0.109. The molecule has 0 aliphatic rings. The highest BCUT2D eigenvalue weighted by atomic mass is 32.2. The van der Waals surface area contributed by atoms with Gasteiger partial charge in [0.15, 0.2) is 0 Å². The molecule has 23 heavy (non-hydrogen) atoms. The zero-order chi connectivity index (χ0) is 16.8. The maximum Gasteiger partial charge on any atom is 0.272 e. The summed E-state index contributed by atoms with van der Waals surface area (Å²) >= 11 is 2.67. The average Bonchev–Trinajstić information content (AvgIpc) is 3.11. The van der Waals surface area contributed by atoms with Crippen molar-refractivity contribution in [3.63, 3.8) is 0 Å². The largest absolute Gasteiger partial charge is 0.272 e. The van der Waals surface area contributed by atoms with Crippen molar-refractivity contribution in [2.45, 2.75) is 17.9 Å². The van der Waals surface area contributed by atoms with Gasteiger partial charge in [-0.05, 0) is 29.3 Å². The van der Waals surface area contributed by atoms with Gasteiger partial charge in [-0.3, -0.25) is 8.37 Å². The van der Waals surface area contributed by atoms with Crippen molar-refractivity contribution in [3.05, 3.63) is 44.8 Å². The molecule has 0 aromatic carbocycles. The van der Waals surface area contributed by atoms with E-state index < -0.39 is 20.2 Å². The van der Waals surface area contributed by atoms with E-state index in [2.05, 4.69) is 0 Å². The van der Waals surface area contributed by atoms with E-state index >= 15 is 0 Å². The van der Waals surface area contributed by atoms with Crippen molar-refractivity contribution < 1.29 is 25.2 Å². The molecule has 0 saturated heterocycles. The van der Waals surface area contributed by atoms with Crippen LogP contribution in [0.5, 0.6) is 0 Å². The third kappa shape index (κ3) is 7.10. The minimum Gasteiger partial charge on any atom is -0.270 e. The first-order chi connectivity index (χ1) is 10.9. The molecule has 128 valence electrons. The molecule has 10 heteroatoms. The van der Waals surface area contributed by atoms with Crippen LogP contribution in [0.25, 0.3) is 0 Å². The Labute approximate surface area is 143 Å². The Hall–Kier alpha value is -0.780. The van der Waals surface area contributed by atoms with E-state index in [0.717, 1.165) is 0 Å². The third-order valence-corrected chi connectivity index (χ3v) is 7.11. The first-order valence-corrected chi connectivity index (χ1v) is 11.6. The summed E-state index contributed by atoms with van der Waals surface area (Å²) < 4.78 is 56.4. The summed E-state index contributed by atoms with van der Waals surface area (Å²) in [5, 5.41) is 3.58. The van der Waals surface area contributed by atoms with Gasteiger partial charge in [-0.2, -0.15) is 16.8 Å². The monoisotopic (exact) mass is 396 g/mol. The van der Waals surface area contributed by atoms with Crippen molar-refractivity contribution in [2.24, 2.45) is 0 Å². The van der Waals surface area contributed by atoms with Crippen molar-refractivity contribution >= 4 is 42.9 Å². The molecule has 2 aromatic rings. The van der Waals surface area contributed by atoms with Crippen LogP contribution < -0.4 is 0 Å². The molecule has 0 spiro atoms. The van der Waals surface area contributed by atoms with Crippen molar-refractivity contribution in [3.8, 4) is 0 Å². The molecule has 0 bridgehead atoms. The SMILES string of the molecule is O=S(=O)(Cc1cccs1)OCCCOS(=O)(=O)Cc1cccs1. The summed E-state index contributed by atoms with van der Waals surface area (Å²) in [7, 11) is -7.31. The Balaban J connectivity index is 1.67. The summed E-state index contributed by atoms with van der Waals surface area (Å²) in [5.74, 6) is -0.357. The minimum atomic E-state index is -3.65. The van der Waals surface area contributed by atoms with Crippen LogP contribution >= 0.6 is 22.7 Å². The molecule has 2 heterocycles. The molecule has 0 N–H and O–H groups in total. The molecule has 0 amide bonds. The predicted octanol–water partition coefficient (Wildman–Crippen LogP) is 2.59. The number of rotatable bonds is 10. The van der Waals surface area contributed by atoms with E-state index in [1.54, 1.807) is 35.0 Å². The van der Waals surface area contributed by atoms with Crippen LogP contribution in [0.15, 0.2) is 35.0 Å². The van der Waals surface area contributed by atoms with E-state index in [0.29, 0.717) is 9.75 Å². The molecular weight excluding hydrogens is 380 g/mol. The summed E-state index contributed by atoms with van der Waals surface area (Å²) in [6.07, 6.45) is 0.174. The Morgan fingerprint density at radius 3 is 1.57 bits per heavy atom. The van der Waals surface area contributed by atoms with Gasteiger partial charge in [0.05, 0.1) is 13.2 Å². The van der Waals surface area contributed by atoms with Crippen molar-refractivity contribution in [1.29, 1.82) is 0 Å². The molecule has 0 radical (unpaired) electrons. The van der Waals surface area contributed by atoms with Crippen molar-refractivity contribution in [2.75, 3.05) is 13.2 Å². The quantitative estimate of drug-likeness (QED) is 0.453. The van der Waals surface area contributed by atoms with Crippen LogP contribution in [0.4, 0.5) is 0 Å². The summed E-state index contributed by atoms with van der Waals surface area (Å²) in [6, 6.07) is 6.96. The van der Waals surface area contributed by atoms with E-state index in [-0.39, 0.29) is 31.1 Å². The van der Waals surface area contributed by atoms with Gasteiger partial charge in [0, 0.05) is 9.75 Å². The number of hydrogen-bond donors (Lipinski definition) is 0. The normalized spacial score (nSPS) is 12.5. The molecule has 0 atom stereocenters. The Morgan fingerprint density at radius 2 is 1.22 bits per heavy atom. The van der Waals surface area contributed by atoms with Crippen LogP contribution in [0, 0.1) is 0 Å². The Morgan fingerprint density at radius 1 is 0.783 bits per heavy atom. The number of hydrogen-bond acceptors (Lipinski definition) is 8. The lowest BCUT2D eigenvalue weighted by atomic mass is 10.5. The fourth-order valence-electron chi connectivity index (χ4n) is 1.65. The molecule has 0 saturated carbocycles. The summed E-state index contributed by atoms with van der Waals surface area (Å²) in [6.45, 7) is -0.218. The second-order valence-corrected chi connectivity index (χ2v) is 9.90.